The molecule has 1 fully saturated rings. The lowest BCUT2D eigenvalue weighted by atomic mass is 10.0. The van der Waals surface area contributed by atoms with Crippen molar-refractivity contribution in [1.82, 2.24) is 26.0 Å². The fraction of sp³-hybridized carbons (Fsp3) is 0.682. The van der Waals surface area contributed by atoms with Crippen molar-refractivity contribution in [3.05, 3.63) is 0 Å². The molecule has 3 atom stereocenters. The lowest BCUT2D eigenvalue weighted by Crippen LogP contribution is -2.62. The number of guanidine groups is 1. The molecule has 1 unspecified atom stereocenters. The van der Waals surface area contributed by atoms with Crippen molar-refractivity contribution in [2.24, 2.45) is 28.1 Å². The van der Waals surface area contributed by atoms with Gasteiger partial charge in [-0.05, 0) is 38.1 Å². The molecule has 0 spiro atoms. The Morgan fingerprint density at radius 1 is 1.13 bits per heavy atom. The summed E-state index contributed by atoms with van der Waals surface area (Å²) in [6, 6.07) is -4.92. The van der Waals surface area contributed by atoms with Crippen LogP contribution in [-0.4, -0.2) is 94.5 Å². The zero-order chi connectivity index (χ0) is 29.0. The maximum atomic E-state index is 13.3. The number of hydrogen-bond donors (Lipinski definition) is 7. The van der Waals surface area contributed by atoms with Crippen LogP contribution >= 0.6 is 0 Å². The van der Waals surface area contributed by atoms with E-state index in [2.05, 4.69) is 20.9 Å². The number of aliphatic imine (C=N–C) groups is 1. The summed E-state index contributed by atoms with van der Waals surface area (Å²) in [6.07, 6.45) is 0.826. The third-order valence-corrected chi connectivity index (χ3v) is 5.62. The highest BCUT2D eigenvalue weighted by Gasteiger charge is 2.47. The summed E-state index contributed by atoms with van der Waals surface area (Å²) in [5.41, 5.74) is 16.0. The molecule has 1 saturated heterocycles. The van der Waals surface area contributed by atoms with Gasteiger partial charge in [-0.25, -0.2) is 9.80 Å². The van der Waals surface area contributed by atoms with Gasteiger partial charge in [0, 0.05) is 20.0 Å². The number of nitrogens with two attached hydrogens (primary N) is 3. The van der Waals surface area contributed by atoms with Gasteiger partial charge < -0.3 is 38.3 Å². The number of carboxylic acids is 1. The molecule has 10 N–H and O–H groups in total. The normalized spacial score (nSPS) is 16.4. The quantitative estimate of drug-likeness (QED) is 0.0470. The number of nitrogens with one attached hydrogen (secondary N) is 3. The molecular weight excluding hydrogens is 502 g/mol. The van der Waals surface area contributed by atoms with E-state index in [1.807, 2.05) is 0 Å². The third-order valence-electron chi connectivity index (χ3n) is 5.62. The van der Waals surface area contributed by atoms with Crippen LogP contribution in [0.5, 0.6) is 0 Å². The summed E-state index contributed by atoms with van der Waals surface area (Å²) in [5, 5.41) is 18.0. The van der Waals surface area contributed by atoms with Crippen LogP contribution in [0, 0.1) is 5.92 Å². The molecule has 1 rings (SSSR count). The minimum Gasteiger partial charge on any atom is -0.481 e. The van der Waals surface area contributed by atoms with Crippen LogP contribution in [0.1, 0.15) is 52.9 Å². The van der Waals surface area contributed by atoms with Crippen LogP contribution in [-0.2, 0) is 24.0 Å². The van der Waals surface area contributed by atoms with E-state index in [0.717, 1.165) is 6.92 Å². The Bertz CT molecular complexity index is 921. The Morgan fingerprint density at radius 3 is 2.32 bits per heavy atom. The van der Waals surface area contributed by atoms with Gasteiger partial charge in [-0.2, -0.15) is 5.01 Å². The number of nitrogens with zero attached hydrogens (tertiary/aromatic N) is 3. The van der Waals surface area contributed by atoms with Gasteiger partial charge in [-0.15, -0.1) is 0 Å². The average Bonchev–Trinajstić information content (AvgIpc) is 3.09. The fourth-order valence-corrected chi connectivity index (χ4v) is 3.75. The predicted molar refractivity (Wildman–Crippen MR) is 136 cm³/mol. The third kappa shape index (κ3) is 9.49. The second-order valence-electron chi connectivity index (χ2n) is 9.10. The van der Waals surface area contributed by atoms with E-state index in [-0.39, 0.29) is 18.9 Å². The molecule has 0 bridgehead atoms. The Hall–Kier alpha value is -3.95. The lowest BCUT2D eigenvalue weighted by Gasteiger charge is -2.35. The van der Waals surface area contributed by atoms with Gasteiger partial charge in [0.1, 0.15) is 18.1 Å². The highest BCUT2D eigenvalue weighted by atomic mass is 16.4. The summed E-state index contributed by atoms with van der Waals surface area (Å²) in [7, 11) is 0. The van der Waals surface area contributed by atoms with Gasteiger partial charge >= 0.3 is 12.0 Å². The molecule has 1 heterocycles. The zero-order valence-electron chi connectivity index (χ0n) is 21.9. The van der Waals surface area contributed by atoms with Gasteiger partial charge in [0.15, 0.2) is 5.96 Å². The highest BCUT2D eigenvalue weighted by Crippen LogP contribution is 2.19. The van der Waals surface area contributed by atoms with Gasteiger partial charge in [0.25, 0.3) is 5.91 Å². The van der Waals surface area contributed by atoms with E-state index in [1.165, 1.54) is 0 Å². The zero-order valence-corrected chi connectivity index (χ0v) is 21.9. The predicted octanol–water partition coefficient (Wildman–Crippen LogP) is -2.44. The molecule has 0 radical (unpaired) electrons. The molecule has 16 nitrogen and oxygen atoms in total. The van der Waals surface area contributed by atoms with E-state index in [9.17, 15) is 33.9 Å². The van der Waals surface area contributed by atoms with Crippen molar-refractivity contribution in [3.8, 4) is 0 Å². The Balaban J connectivity index is 3.15. The molecule has 0 aliphatic carbocycles. The van der Waals surface area contributed by atoms with Gasteiger partial charge in [-0.3, -0.25) is 29.0 Å². The number of amides is 6. The first-order valence-electron chi connectivity index (χ1n) is 12.3. The lowest BCUT2D eigenvalue weighted by molar-refractivity contribution is -0.165. The van der Waals surface area contributed by atoms with Crippen molar-refractivity contribution < 1.29 is 33.9 Å². The van der Waals surface area contributed by atoms with E-state index in [1.54, 1.807) is 13.8 Å². The molecule has 0 aromatic rings. The van der Waals surface area contributed by atoms with E-state index >= 15 is 0 Å². The summed E-state index contributed by atoms with van der Waals surface area (Å²) in [5.74, 6) is -5.32. The summed E-state index contributed by atoms with van der Waals surface area (Å²) in [4.78, 5) is 79.7. The molecular formula is C22H39N9O7. The summed E-state index contributed by atoms with van der Waals surface area (Å²) in [6.45, 7) is 5.29. The second-order valence-corrected chi connectivity index (χ2v) is 9.10. The number of rotatable bonds is 16. The smallest absolute Gasteiger partial charge is 0.344 e. The molecule has 6 amide bonds. The van der Waals surface area contributed by atoms with Crippen LogP contribution in [0.25, 0.3) is 0 Å². The Kier molecular flexibility index (Phi) is 12.9. The monoisotopic (exact) mass is 541 g/mol. The molecule has 1 aliphatic heterocycles. The second kappa shape index (κ2) is 15.3. The molecule has 16 heteroatoms. The van der Waals surface area contributed by atoms with Crippen LogP contribution < -0.4 is 33.2 Å². The SMILES string of the molecule is CC(=O)N([C@@H](CC(=O)O)C(=O)N[C@H](C(=O)NCCCCN)C(C)C)N1C(=O)NC(CCCN=C(N)N)C1=O. The summed E-state index contributed by atoms with van der Waals surface area (Å²) >= 11 is 0. The number of carbonyl (C=O) groups excluding carboxylic acids is 5. The first-order valence-corrected chi connectivity index (χ1v) is 12.3. The van der Waals surface area contributed by atoms with Crippen molar-refractivity contribution in [2.45, 2.75) is 71.0 Å². The van der Waals surface area contributed by atoms with Gasteiger partial charge in [0.05, 0.1) is 6.42 Å². The minimum atomic E-state index is -1.80. The van der Waals surface area contributed by atoms with E-state index < -0.39 is 66.1 Å². The molecule has 0 saturated carbocycles. The minimum absolute atomic E-state index is 0.124. The van der Waals surface area contributed by atoms with Crippen LogP contribution in [0.15, 0.2) is 4.99 Å². The molecule has 1 aliphatic rings. The van der Waals surface area contributed by atoms with E-state index in [4.69, 9.17) is 17.2 Å². The first kappa shape index (κ1) is 32.1. The van der Waals surface area contributed by atoms with Gasteiger partial charge in [0.2, 0.25) is 17.7 Å². The number of hydrazine groups is 1. The number of unbranched alkanes of at least 4 members (excludes halogenated alkanes) is 1. The Labute approximate surface area is 220 Å². The number of urea groups is 1. The molecule has 38 heavy (non-hydrogen) atoms. The highest BCUT2D eigenvalue weighted by molar-refractivity contribution is 6.06. The molecule has 0 aromatic carbocycles. The van der Waals surface area contributed by atoms with Gasteiger partial charge in [-0.1, -0.05) is 13.8 Å². The maximum Gasteiger partial charge on any atom is 0.344 e. The molecule has 214 valence electrons. The van der Waals surface area contributed by atoms with Crippen LogP contribution in [0.3, 0.4) is 0 Å². The van der Waals surface area contributed by atoms with Crippen molar-refractivity contribution in [3.63, 3.8) is 0 Å². The number of carbonyl (C=O) groups is 6. The number of imide groups is 1. The standard InChI is InChI=1S/C22H39N9O7/c1-12(2)17(19(36)26-9-5-4-8-23)29-18(35)15(11-16(33)34)30(13(3)32)31-20(37)14(28-22(31)38)7-6-10-27-21(24)25/h12,14-15,17H,4-11,23H2,1-3H3,(H,26,36)(H,28,38)(H,29,35)(H,33,34)(H4,24,25,27)/t14?,15-,17-/m0/s1. The van der Waals surface area contributed by atoms with Crippen LogP contribution in [0.2, 0.25) is 0 Å². The van der Waals surface area contributed by atoms with E-state index in [0.29, 0.717) is 42.4 Å². The molecule has 0 aromatic heterocycles. The average molecular weight is 542 g/mol. The topological polar surface area (TPSA) is 256 Å². The number of carboxylic acid groups (broad SMARTS) is 1. The number of hydrogen-bond acceptors (Lipinski definition) is 8. The maximum absolute atomic E-state index is 13.3. The first-order chi connectivity index (χ1) is 17.8. The fourth-order valence-electron chi connectivity index (χ4n) is 3.75. The Morgan fingerprint density at radius 2 is 1.79 bits per heavy atom. The van der Waals surface area contributed by atoms with Crippen molar-refractivity contribution >= 4 is 41.6 Å². The summed E-state index contributed by atoms with van der Waals surface area (Å²) < 4.78 is 0. The van der Waals surface area contributed by atoms with Crippen LogP contribution in [0.4, 0.5) is 4.79 Å². The van der Waals surface area contributed by atoms with Crippen molar-refractivity contribution in [2.75, 3.05) is 19.6 Å². The largest absolute Gasteiger partial charge is 0.481 e. The van der Waals surface area contributed by atoms with Crippen molar-refractivity contribution in [1.29, 1.82) is 0 Å². The number of aliphatic carboxylic acids is 1.